The lowest BCUT2D eigenvalue weighted by Gasteiger charge is -2.04. The molecule has 0 saturated heterocycles. The molecule has 0 aliphatic carbocycles. The van der Waals surface area contributed by atoms with Gasteiger partial charge >= 0.3 is 0 Å². The highest BCUT2D eigenvalue weighted by atomic mass is 79.9. The summed E-state index contributed by atoms with van der Waals surface area (Å²) < 4.78 is 6.23. The van der Waals surface area contributed by atoms with E-state index in [4.69, 9.17) is 4.74 Å². The first-order valence-electron chi connectivity index (χ1n) is 5.21. The summed E-state index contributed by atoms with van der Waals surface area (Å²) in [6, 6.07) is 15.7. The Labute approximate surface area is 110 Å². The van der Waals surface area contributed by atoms with Crippen LogP contribution in [0, 0.1) is 11.8 Å². The van der Waals surface area contributed by atoms with Gasteiger partial charge in [0.2, 0.25) is 0 Å². The fraction of sp³-hybridized carbons (Fsp3) is 0.0667. The second-order valence-electron chi connectivity index (χ2n) is 3.43. The Bertz CT molecular complexity index is 564. The average Bonchev–Trinajstić information content (AvgIpc) is 2.38. The number of rotatable bonds is 1. The van der Waals surface area contributed by atoms with Gasteiger partial charge in [-0.2, -0.15) is 0 Å². The third kappa shape index (κ3) is 2.89. The average molecular weight is 287 g/mol. The minimum Gasteiger partial charge on any atom is -0.495 e. The monoisotopic (exact) mass is 286 g/mol. The summed E-state index contributed by atoms with van der Waals surface area (Å²) in [5, 5.41) is 0. The molecular formula is C15H11BrO. The normalized spacial score (nSPS) is 9.29. The SMILES string of the molecule is COc1cccc(Br)c1C#Cc1ccccc1. The van der Waals surface area contributed by atoms with Gasteiger partial charge in [0.15, 0.2) is 0 Å². The molecular weight excluding hydrogens is 276 g/mol. The van der Waals surface area contributed by atoms with Crippen LogP contribution in [-0.4, -0.2) is 7.11 Å². The maximum atomic E-state index is 5.28. The van der Waals surface area contributed by atoms with Gasteiger partial charge < -0.3 is 4.74 Å². The van der Waals surface area contributed by atoms with E-state index in [-0.39, 0.29) is 0 Å². The predicted molar refractivity (Wildman–Crippen MR) is 73.1 cm³/mol. The van der Waals surface area contributed by atoms with Crippen LogP contribution >= 0.6 is 15.9 Å². The fourth-order valence-corrected chi connectivity index (χ4v) is 1.90. The molecule has 0 spiro atoms. The molecule has 0 aliphatic heterocycles. The van der Waals surface area contributed by atoms with Gasteiger partial charge in [-0.05, 0) is 40.2 Å². The predicted octanol–water partition coefficient (Wildman–Crippen LogP) is 3.86. The molecule has 2 aromatic rings. The molecule has 2 aromatic carbocycles. The largest absolute Gasteiger partial charge is 0.495 e. The Morgan fingerprint density at radius 2 is 1.71 bits per heavy atom. The number of methoxy groups -OCH3 is 1. The molecule has 0 aromatic heterocycles. The van der Waals surface area contributed by atoms with Crippen molar-refractivity contribution >= 4 is 15.9 Å². The first-order chi connectivity index (χ1) is 8.31. The van der Waals surface area contributed by atoms with Gasteiger partial charge in [0, 0.05) is 10.0 Å². The molecule has 0 amide bonds. The molecule has 0 bridgehead atoms. The quantitative estimate of drug-likeness (QED) is 0.724. The summed E-state index contributed by atoms with van der Waals surface area (Å²) in [5.41, 5.74) is 1.86. The number of benzene rings is 2. The third-order valence-corrected chi connectivity index (χ3v) is 2.96. The van der Waals surface area contributed by atoms with Gasteiger partial charge in [0.1, 0.15) is 5.75 Å². The van der Waals surface area contributed by atoms with Crippen molar-refractivity contribution in [1.29, 1.82) is 0 Å². The van der Waals surface area contributed by atoms with Crippen molar-refractivity contribution in [2.75, 3.05) is 7.11 Å². The van der Waals surface area contributed by atoms with Gasteiger partial charge in [-0.3, -0.25) is 0 Å². The maximum absolute atomic E-state index is 5.28. The summed E-state index contributed by atoms with van der Waals surface area (Å²) >= 11 is 3.48. The molecule has 0 unspecified atom stereocenters. The summed E-state index contributed by atoms with van der Waals surface area (Å²) in [6.07, 6.45) is 0. The van der Waals surface area contributed by atoms with Gasteiger partial charge in [-0.1, -0.05) is 36.1 Å². The Morgan fingerprint density at radius 1 is 0.941 bits per heavy atom. The van der Waals surface area contributed by atoms with Crippen molar-refractivity contribution in [2.24, 2.45) is 0 Å². The van der Waals surface area contributed by atoms with Crippen molar-refractivity contribution in [1.82, 2.24) is 0 Å². The molecule has 1 nitrogen and oxygen atoms in total. The van der Waals surface area contributed by atoms with E-state index in [0.29, 0.717) is 0 Å². The zero-order chi connectivity index (χ0) is 12.1. The molecule has 84 valence electrons. The van der Waals surface area contributed by atoms with E-state index in [1.54, 1.807) is 7.11 Å². The van der Waals surface area contributed by atoms with Crippen LogP contribution in [0.4, 0.5) is 0 Å². The number of hydrogen-bond donors (Lipinski definition) is 0. The van der Waals surface area contributed by atoms with Crippen molar-refractivity contribution in [2.45, 2.75) is 0 Å². The lowest BCUT2D eigenvalue weighted by atomic mass is 10.1. The Balaban J connectivity index is 2.40. The lowest BCUT2D eigenvalue weighted by Crippen LogP contribution is -1.88. The molecule has 0 N–H and O–H groups in total. The van der Waals surface area contributed by atoms with Crippen LogP contribution in [-0.2, 0) is 0 Å². The van der Waals surface area contributed by atoms with Crippen molar-refractivity contribution in [3.8, 4) is 17.6 Å². The summed E-state index contributed by atoms with van der Waals surface area (Å²) in [5.74, 6) is 7.02. The molecule has 2 heteroatoms. The molecule has 0 heterocycles. The molecule has 0 fully saturated rings. The van der Waals surface area contributed by atoms with Crippen molar-refractivity contribution in [3.05, 3.63) is 64.1 Å². The van der Waals surface area contributed by atoms with Gasteiger partial charge in [0.25, 0.3) is 0 Å². The molecule has 0 saturated carbocycles. The highest BCUT2D eigenvalue weighted by Gasteiger charge is 2.03. The molecule has 2 rings (SSSR count). The topological polar surface area (TPSA) is 9.23 Å². The minimum atomic E-state index is 0.780. The second-order valence-corrected chi connectivity index (χ2v) is 4.29. The van der Waals surface area contributed by atoms with Crippen LogP contribution < -0.4 is 4.74 Å². The third-order valence-electron chi connectivity index (χ3n) is 2.30. The van der Waals surface area contributed by atoms with Crippen LogP contribution in [0.15, 0.2) is 53.0 Å². The highest BCUT2D eigenvalue weighted by Crippen LogP contribution is 2.25. The molecule has 0 radical (unpaired) electrons. The standard InChI is InChI=1S/C15H11BrO/c1-17-15-9-5-8-14(16)13(15)11-10-12-6-3-2-4-7-12/h2-9H,1H3. The Hall–Kier alpha value is -1.72. The zero-order valence-electron chi connectivity index (χ0n) is 9.41. The minimum absolute atomic E-state index is 0.780. The van der Waals surface area contributed by atoms with Crippen LogP contribution in [0.1, 0.15) is 11.1 Å². The van der Waals surface area contributed by atoms with Crippen molar-refractivity contribution in [3.63, 3.8) is 0 Å². The van der Waals surface area contributed by atoms with E-state index in [2.05, 4.69) is 27.8 Å². The molecule has 0 aliphatic rings. The smallest absolute Gasteiger partial charge is 0.135 e. The second kappa shape index (κ2) is 5.56. The lowest BCUT2D eigenvalue weighted by molar-refractivity contribution is 0.413. The van der Waals surface area contributed by atoms with E-state index in [1.165, 1.54) is 0 Å². The zero-order valence-corrected chi connectivity index (χ0v) is 11.0. The summed E-state index contributed by atoms with van der Waals surface area (Å²) in [4.78, 5) is 0. The van der Waals surface area contributed by atoms with Crippen LogP contribution in [0.5, 0.6) is 5.75 Å². The first kappa shape index (κ1) is 11.8. The fourth-order valence-electron chi connectivity index (χ4n) is 1.45. The Morgan fingerprint density at radius 3 is 2.41 bits per heavy atom. The molecule has 0 atom stereocenters. The van der Waals surface area contributed by atoms with Crippen LogP contribution in [0.2, 0.25) is 0 Å². The van der Waals surface area contributed by atoms with E-state index < -0.39 is 0 Å². The summed E-state index contributed by atoms with van der Waals surface area (Å²) in [6.45, 7) is 0. The molecule has 17 heavy (non-hydrogen) atoms. The van der Waals surface area contributed by atoms with Gasteiger partial charge in [0.05, 0.1) is 12.7 Å². The van der Waals surface area contributed by atoms with E-state index in [0.717, 1.165) is 21.3 Å². The first-order valence-corrected chi connectivity index (χ1v) is 6.00. The van der Waals surface area contributed by atoms with Crippen molar-refractivity contribution < 1.29 is 4.74 Å². The highest BCUT2D eigenvalue weighted by molar-refractivity contribution is 9.10. The van der Waals surface area contributed by atoms with Crippen LogP contribution in [0.3, 0.4) is 0 Å². The Kier molecular flexibility index (Phi) is 3.85. The van der Waals surface area contributed by atoms with E-state index >= 15 is 0 Å². The number of hydrogen-bond acceptors (Lipinski definition) is 1. The maximum Gasteiger partial charge on any atom is 0.135 e. The number of ether oxygens (including phenoxy) is 1. The summed E-state index contributed by atoms with van der Waals surface area (Å²) in [7, 11) is 1.65. The van der Waals surface area contributed by atoms with Crippen LogP contribution in [0.25, 0.3) is 0 Å². The number of halogens is 1. The van der Waals surface area contributed by atoms with Gasteiger partial charge in [-0.25, -0.2) is 0 Å². The van der Waals surface area contributed by atoms with E-state index in [9.17, 15) is 0 Å². The van der Waals surface area contributed by atoms with Gasteiger partial charge in [-0.15, -0.1) is 0 Å². The van der Waals surface area contributed by atoms with E-state index in [1.807, 2.05) is 48.5 Å².